The van der Waals surface area contributed by atoms with Crippen molar-refractivity contribution in [3.8, 4) is 0 Å². The zero-order chi connectivity index (χ0) is 25.1. The van der Waals surface area contributed by atoms with Gasteiger partial charge in [0.1, 0.15) is 6.04 Å². The van der Waals surface area contributed by atoms with Gasteiger partial charge in [0.2, 0.25) is 11.8 Å². The fraction of sp³-hybridized carbons (Fsp3) is 0.321. The van der Waals surface area contributed by atoms with Crippen molar-refractivity contribution in [1.82, 2.24) is 10.6 Å². The maximum Gasteiger partial charge on any atom is 0.251 e. The van der Waals surface area contributed by atoms with Gasteiger partial charge in [-0.05, 0) is 48.0 Å². The minimum absolute atomic E-state index is 0.0767. The topological polar surface area (TPSA) is 81.8 Å². The van der Waals surface area contributed by atoms with Crippen LogP contribution >= 0.6 is 0 Å². The number of likely N-dealkylation sites (N-methyl/N-ethyl adjacent to an activating group) is 1. The summed E-state index contributed by atoms with van der Waals surface area (Å²) in [6.45, 7) is 6.19. The maximum atomic E-state index is 14.0. The molecule has 182 valence electrons. The number of aryl methyl sites for hydroxylation is 1. The van der Waals surface area contributed by atoms with Crippen LogP contribution in [0, 0.1) is 12.8 Å². The van der Waals surface area contributed by atoms with Crippen molar-refractivity contribution in [2.45, 2.75) is 33.4 Å². The van der Waals surface area contributed by atoms with Crippen LogP contribution in [-0.2, 0) is 20.9 Å². The van der Waals surface area contributed by atoms with E-state index in [-0.39, 0.29) is 36.7 Å². The van der Waals surface area contributed by atoms with Gasteiger partial charge in [-0.1, -0.05) is 62.4 Å². The second-order valence-electron chi connectivity index (χ2n) is 9.25. The van der Waals surface area contributed by atoms with Gasteiger partial charge >= 0.3 is 0 Å². The highest BCUT2D eigenvalue weighted by Crippen LogP contribution is 2.36. The van der Waals surface area contributed by atoms with Gasteiger partial charge in [-0.25, -0.2) is 0 Å². The molecule has 1 heterocycles. The third kappa shape index (κ3) is 4.91. The molecular weight excluding hydrogens is 440 g/mol. The number of carbonyl (C=O) groups excluding carboxylic acids is 3. The molecule has 7 nitrogen and oxygen atoms in total. The maximum absolute atomic E-state index is 14.0. The van der Waals surface area contributed by atoms with Gasteiger partial charge in [-0.15, -0.1) is 0 Å². The van der Waals surface area contributed by atoms with Crippen molar-refractivity contribution in [3.63, 3.8) is 0 Å². The van der Waals surface area contributed by atoms with Crippen molar-refractivity contribution in [3.05, 3.63) is 71.8 Å². The number of hydrogen-bond acceptors (Lipinski definition) is 4. The molecule has 0 fully saturated rings. The highest BCUT2D eigenvalue weighted by atomic mass is 16.2. The van der Waals surface area contributed by atoms with Crippen LogP contribution < -0.4 is 20.4 Å². The van der Waals surface area contributed by atoms with Crippen LogP contribution in [-0.4, -0.2) is 43.9 Å². The molecule has 0 bridgehead atoms. The molecule has 35 heavy (non-hydrogen) atoms. The Morgan fingerprint density at radius 2 is 1.69 bits per heavy atom. The second-order valence-corrected chi connectivity index (χ2v) is 9.25. The molecule has 0 radical (unpaired) electrons. The molecule has 1 aliphatic heterocycles. The fourth-order valence-electron chi connectivity index (χ4n) is 4.60. The van der Waals surface area contributed by atoms with E-state index in [1.54, 1.807) is 16.8 Å². The van der Waals surface area contributed by atoms with Crippen molar-refractivity contribution < 1.29 is 14.4 Å². The summed E-state index contributed by atoms with van der Waals surface area (Å²) in [6.07, 6.45) is 0. The molecule has 3 aromatic rings. The summed E-state index contributed by atoms with van der Waals surface area (Å²) in [6, 6.07) is 18.8. The monoisotopic (exact) mass is 472 g/mol. The molecule has 4 rings (SSSR count). The predicted molar refractivity (Wildman–Crippen MR) is 139 cm³/mol. The van der Waals surface area contributed by atoms with E-state index in [0.717, 1.165) is 21.9 Å². The first-order chi connectivity index (χ1) is 16.8. The Hall–Kier alpha value is -3.71. The Bertz CT molecular complexity index is 1270. The number of anilines is 2. The van der Waals surface area contributed by atoms with Gasteiger partial charge in [0, 0.05) is 5.92 Å². The van der Waals surface area contributed by atoms with Crippen LogP contribution in [0.4, 0.5) is 11.4 Å². The standard InChI is InChI=1S/C28H32N4O3/c1-18(2)27(34)32-17-23(30-26(33)15-29-4)28(35)31(24-11-7-8-12-25(24)32)16-22-19(3)13-14-20-9-5-6-10-21(20)22/h5-14,18,23,29H,15-17H2,1-4H3,(H,30,33). The van der Waals surface area contributed by atoms with E-state index in [1.165, 1.54) is 0 Å². The van der Waals surface area contributed by atoms with Gasteiger partial charge in [-0.2, -0.15) is 0 Å². The lowest BCUT2D eigenvalue weighted by Crippen LogP contribution is -2.54. The van der Waals surface area contributed by atoms with Gasteiger partial charge in [0.05, 0.1) is 31.0 Å². The second kappa shape index (κ2) is 10.3. The van der Waals surface area contributed by atoms with Crippen LogP contribution in [0.15, 0.2) is 60.7 Å². The van der Waals surface area contributed by atoms with E-state index in [1.807, 2.05) is 57.2 Å². The molecule has 3 amide bonds. The zero-order valence-electron chi connectivity index (χ0n) is 20.7. The largest absolute Gasteiger partial charge is 0.342 e. The normalized spacial score (nSPS) is 15.8. The molecule has 3 aromatic carbocycles. The first-order valence-electron chi connectivity index (χ1n) is 11.9. The average molecular weight is 473 g/mol. The summed E-state index contributed by atoms with van der Waals surface area (Å²) >= 11 is 0. The Kier molecular flexibility index (Phi) is 7.17. The van der Waals surface area contributed by atoms with Crippen LogP contribution in [0.2, 0.25) is 0 Å². The predicted octanol–water partition coefficient (Wildman–Crippen LogP) is 3.39. The lowest BCUT2D eigenvalue weighted by atomic mass is 9.99. The SMILES string of the molecule is CNCC(=O)NC1CN(C(=O)C(C)C)c2ccccc2N(Cc2c(C)ccc3ccccc23)C1=O. The number of hydrogen-bond donors (Lipinski definition) is 2. The van der Waals surface area contributed by atoms with Gasteiger partial charge in [0.25, 0.3) is 5.91 Å². The van der Waals surface area contributed by atoms with Crippen LogP contribution in [0.3, 0.4) is 0 Å². The molecule has 0 saturated carbocycles. The van der Waals surface area contributed by atoms with E-state index in [0.29, 0.717) is 17.9 Å². The molecule has 0 saturated heterocycles. The smallest absolute Gasteiger partial charge is 0.251 e. The number of nitrogens with zero attached hydrogens (tertiary/aromatic N) is 2. The minimum atomic E-state index is -0.874. The van der Waals surface area contributed by atoms with E-state index in [9.17, 15) is 14.4 Å². The number of amides is 3. The lowest BCUT2D eigenvalue weighted by molar-refractivity contribution is -0.127. The highest BCUT2D eigenvalue weighted by Gasteiger charge is 2.37. The van der Waals surface area contributed by atoms with Crippen LogP contribution in [0.1, 0.15) is 25.0 Å². The summed E-state index contributed by atoms with van der Waals surface area (Å²) in [5.41, 5.74) is 3.44. The molecule has 1 aliphatic rings. The number of fused-ring (bicyclic) bond motifs is 2. The Morgan fingerprint density at radius 1 is 1.00 bits per heavy atom. The number of rotatable bonds is 6. The third-order valence-corrected chi connectivity index (χ3v) is 6.42. The molecule has 0 aliphatic carbocycles. The minimum Gasteiger partial charge on any atom is -0.342 e. The first-order valence-corrected chi connectivity index (χ1v) is 11.9. The van der Waals surface area contributed by atoms with Crippen molar-refractivity contribution in [1.29, 1.82) is 0 Å². The summed E-state index contributed by atoms with van der Waals surface area (Å²) in [5, 5.41) is 7.84. The number of nitrogens with one attached hydrogen (secondary N) is 2. The van der Waals surface area contributed by atoms with Crippen molar-refractivity contribution in [2.24, 2.45) is 5.92 Å². The Morgan fingerprint density at radius 3 is 2.40 bits per heavy atom. The Balaban J connectivity index is 1.85. The number of para-hydroxylation sites is 2. The van der Waals surface area contributed by atoms with Crippen molar-refractivity contribution >= 4 is 39.9 Å². The van der Waals surface area contributed by atoms with E-state index in [2.05, 4.69) is 34.9 Å². The van der Waals surface area contributed by atoms with E-state index >= 15 is 0 Å². The van der Waals surface area contributed by atoms with E-state index in [4.69, 9.17) is 0 Å². The molecule has 0 aromatic heterocycles. The quantitative estimate of drug-likeness (QED) is 0.576. The zero-order valence-corrected chi connectivity index (χ0v) is 20.7. The number of benzene rings is 3. The van der Waals surface area contributed by atoms with Crippen LogP contribution in [0.25, 0.3) is 10.8 Å². The number of carbonyl (C=O) groups is 3. The highest BCUT2D eigenvalue weighted by molar-refractivity contribution is 6.08. The summed E-state index contributed by atoms with van der Waals surface area (Å²) in [7, 11) is 1.68. The Labute approximate surface area is 206 Å². The van der Waals surface area contributed by atoms with E-state index < -0.39 is 6.04 Å². The molecule has 2 N–H and O–H groups in total. The van der Waals surface area contributed by atoms with Gasteiger partial charge < -0.3 is 20.4 Å². The van der Waals surface area contributed by atoms with Crippen molar-refractivity contribution in [2.75, 3.05) is 29.9 Å². The molecule has 1 unspecified atom stereocenters. The van der Waals surface area contributed by atoms with Gasteiger partial charge in [0.15, 0.2) is 0 Å². The van der Waals surface area contributed by atoms with Crippen LogP contribution in [0.5, 0.6) is 0 Å². The summed E-state index contributed by atoms with van der Waals surface area (Å²) < 4.78 is 0. The first kappa shape index (κ1) is 24.4. The molecule has 7 heteroatoms. The molecule has 1 atom stereocenters. The van der Waals surface area contributed by atoms with Gasteiger partial charge in [-0.3, -0.25) is 14.4 Å². The lowest BCUT2D eigenvalue weighted by Gasteiger charge is -2.27. The fourth-order valence-corrected chi connectivity index (χ4v) is 4.60. The molecule has 0 spiro atoms. The summed E-state index contributed by atoms with van der Waals surface area (Å²) in [5.74, 6) is -0.900. The summed E-state index contributed by atoms with van der Waals surface area (Å²) in [4.78, 5) is 43.1. The average Bonchev–Trinajstić information content (AvgIpc) is 2.95. The molecular formula is C28H32N4O3. The third-order valence-electron chi connectivity index (χ3n) is 6.42.